The minimum absolute atomic E-state index is 0.0301. The summed E-state index contributed by atoms with van der Waals surface area (Å²) in [5, 5.41) is 5.32. The van der Waals surface area contributed by atoms with Crippen LogP contribution in [0.4, 0.5) is 5.69 Å². The van der Waals surface area contributed by atoms with Gasteiger partial charge in [0.05, 0.1) is 13.5 Å². The molecule has 1 N–H and O–H groups in total. The summed E-state index contributed by atoms with van der Waals surface area (Å²) in [4.78, 5) is 0. The number of benzene rings is 3. The zero-order chi connectivity index (χ0) is 27.2. The highest BCUT2D eigenvalue weighted by Gasteiger charge is 2.54. The van der Waals surface area contributed by atoms with Crippen LogP contribution in [0.2, 0.25) is 19.6 Å². The summed E-state index contributed by atoms with van der Waals surface area (Å²) in [6.07, 6.45) is 2.54. The summed E-state index contributed by atoms with van der Waals surface area (Å²) >= 11 is 0. The van der Waals surface area contributed by atoms with E-state index in [1.54, 1.807) is 0 Å². The molecule has 3 aromatic carbocycles. The second-order valence-corrected chi connectivity index (χ2v) is 18.3. The fourth-order valence-electron chi connectivity index (χ4n) is 6.28. The fraction of sp³-hybridized carbons (Fsp3) is 0.371. The second-order valence-electron chi connectivity index (χ2n) is 13.2. The predicted molar refractivity (Wildman–Crippen MR) is 166 cm³/mol. The molecule has 0 heterocycles. The van der Waals surface area contributed by atoms with Gasteiger partial charge in [0, 0.05) is 16.6 Å². The second kappa shape index (κ2) is 9.47. The Morgan fingerprint density at radius 3 is 1.62 bits per heavy atom. The molecule has 0 saturated heterocycles. The summed E-state index contributed by atoms with van der Waals surface area (Å²) in [7, 11) is -1.63. The van der Waals surface area contributed by atoms with Crippen LogP contribution in [0.15, 0.2) is 102 Å². The van der Waals surface area contributed by atoms with Gasteiger partial charge in [-0.25, -0.2) is 0 Å². The van der Waals surface area contributed by atoms with Crippen LogP contribution in [-0.2, 0) is 5.41 Å². The first-order valence-corrected chi connectivity index (χ1v) is 17.1. The lowest BCUT2D eigenvalue weighted by molar-refractivity contribution is 0.349. The molecule has 0 bridgehead atoms. The quantitative estimate of drug-likeness (QED) is 0.259. The molecule has 0 spiro atoms. The maximum Gasteiger partial charge on any atom is 0.0777 e. The molecule has 1 atom stereocenters. The zero-order valence-corrected chi connectivity index (χ0v) is 25.6. The minimum Gasteiger partial charge on any atom is -0.380 e. The van der Waals surface area contributed by atoms with Gasteiger partial charge >= 0.3 is 0 Å². The van der Waals surface area contributed by atoms with Crippen LogP contribution < -0.4 is 10.5 Å². The molecule has 0 saturated carbocycles. The molecule has 3 aromatic rings. The first kappa shape index (κ1) is 27.2. The van der Waals surface area contributed by atoms with E-state index in [-0.39, 0.29) is 11.0 Å². The molecular formula is C35H45NSi. The van der Waals surface area contributed by atoms with E-state index in [9.17, 15) is 0 Å². The monoisotopic (exact) mass is 507 g/mol. The first-order valence-electron chi connectivity index (χ1n) is 13.6. The van der Waals surface area contributed by atoms with Crippen molar-refractivity contribution < 1.29 is 0 Å². The molecule has 1 nitrogen and oxygen atoms in total. The number of hydrogen-bond donors (Lipinski definition) is 1. The van der Waals surface area contributed by atoms with Gasteiger partial charge in [0.25, 0.3) is 0 Å². The lowest BCUT2D eigenvalue weighted by atomic mass is 9.52. The molecule has 0 radical (unpaired) electrons. The highest BCUT2D eigenvalue weighted by Crippen LogP contribution is 2.60. The normalized spacial score (nSPS) is 18.7. The van der Waals surface area contributed by atoms with Crippen molar-refractivity contribution in [2.24, 2.45) is 5.41 Å². The van der Waals surface area contributed by atoms with Crippen LogP contribution in [0.1, 0.15) is 65.2 Å². The third-order valence-corrected chi connectivity index (χ3v) is 10.4. The molecule has 0 fully saturated rings. The Morgan fingerprint density at radius 2 is 1.22 bits per heavy atom. The number of hydrogen-bond acceptors (Lipinski definition) is 1. The van der Waals surface area contributed by atoms with E-state index in [0.29, 0.717) is 0 Å². The maximum absolute atomic E-state index is 3.84. The third-order valence-electron chi connectivity index (χ3n) is 8.38. The molecule has 0 aromatic heterocycles. The van der Waals surface area contributed by atoms with Crippen LogP contribution in [0, 0.1) is 5.41 Å². The van der Waals surface area contributed by atoms with Gasteiger partial charge in [0.1, 0.15) is 0 Å². The van der Waals surface area contributed by atoms with Gasteiger partial charge < -0.3 is 5.32 Å². The molecule has 4 rings (SSSR count). The van der Waals surface area contributed by atoms with E-state index in [1.165, 1.54) is 44.3 Å². The number of anilines is 1. The predicted octanol–water partition coefficient (Wildman–Crippen LogP) is 9.08. The summed E-state index contributed by atoms with van der Waals surface area (Å²) in [6, 6.07) is 29.8. The van der Waals surface area contributed by atoms with Crippen molar-refractivity contribution in [3.8, 4) is 0 Å². The Hall–Kier alpha value is -2.84. The Kier molecular flexibility index (Phi) is 6.96. The third kappa shape index (κ3) is 4.77. The van der Waals surface area contributed by atoms with Crippen molar-refractivity contribution in [2.45, 2.75) is 79.1 Å². The molecule has 2 heteroatoms. The zero-order valence-electron chi connectivity index (χ0n) is 24.6. The average molecular weight is 508 g/mol. The van der Waals surface area contributed by atoms with Crippen LogP contribution in [0.3, 0.4) is 0 Å². The van der Waals surface area contributed by atoms with Crippen molar-refractivity contribution in [3.63, 3.8) is 0 Å². The van der Waals surface area contributed by atoms with E-state index >= 15 is 0 Å². The largest absolute Gasteiger partial charge is 0.380 e. The standard InChI is InChI=1S/C35H45NSi/c1-25-24-34(7,27(3)26(25)2)35(28-17-13-11-14-18-28,29-19-15-12-16-20-29)30-21-31(36-33(4,5)6)23-32(22-30)37(8,9)10/h11-24,36H,1-10H3. The van der Waals surface area contributed by atoms with Crippen molar-refractivity contribution >= 4 is 18.9 Å². The molecule has 0 amide bonds. The Balaban J connectivity index is 2.22. The van der Waals surface area contributed by atoms with E-state index < -0.39 is 13.5 Å². The van der Waals surface area contributed by atoms with Crippen molar-refractivity contribution in [1.29, 1.82) is 0 Å². The van der Waals surface area contributed by atoms with E-state index in [4.69, 9.17) is 0 Å². The van der Waals surface area contributed by atoms with Gasteiger partial charge in [0.15, 0.2) is 0 Å². The number of nitrogens with one attached hydrogen (secondary N) is 1. The average Bonchev–Trinajstić information content (AvgIpc) is 3.02. The molecule has 1 unspecified atom stereocenters. The first-order chi connectivity index (χ1) is 17.2. The van der Waals surface area contributed by atoms with Gasteiger partial charge in [0.2, 0.25) is 0 Å². The molecule has 0 aliphatic heterocycles. The number of rotatable bonds is 6. The summed E-state index contributed by atoms with van der Waals surface area (Å²) in [6.45, 7) is 23.5. The molecule has 1 aliphatic carbocycles. The van der Waals surface area contributed by atoms with E-state index in [0.717, 1.165) is 0 Å². The van der Waals surface area contributed by atoms with Crippen molar-refractivity contribution in [1.82, 2.24) is 0 Å². The SMILES string of the molecule is CC1=CC(C)(C(c2ccccc2)(c2ccccc2)c2cc(NC(C)(C)C)cc([Si](C)(C)C)c2)C(C)=C1C. The van der Waals surface area contributed by atoms with Crippen LogP contribution in [0.5, 0.6) is 0 Å². The van der Waals surface area contributed by atoms with Gasteiger partial charge in [-0.2, -0.15) is 0 Å². The smallest absolute Gasteiger partial charge is 0.0777 e. The van der Waals surface area contributed by atoms with Crippen molar-refractivity contribution in [2.75, 3.05) is 5.32 Å². The Morgan fingerprint density at radius 1 is 0.703 bits per heavy atom. The summed E-state index contributed by atoms with van der Waals surface area (Å²) in [5.74, 6) is 0. The van der Waals surface area contributed by atoms with Crippen LogP contribution >= 0.6 is 0 Å². The Bertz CT molecular complexity index is 1290. The van der Waals surface area contributed by atoms with E-state index in [2.05, 4.69) is 158 Å². The highest BCUT2D eigenvalue weighted by atomic mass is 28.3. The molecule has 37 heavy (non-hydrogen) atoms. The van der Waals surface area contributed by atoms with Gasteiger partial charge in [-0.15, -0.1) is 0 Å². The van der Waals surface area contributed by atoms with Gasteiger partial charge in [-0.05, 0) is 75.9 Å². The summed E-state index contributed by atoms with van der Waals surface area (Å²) in [5.41, 5.74) is 8.80. The maximum atomic E-state index is 3.84. The lowest BCUT2D eigenvalue weighted by Gasteiger charge is -2.49. The molecular weight excluding hydrogens is 462 g/mol. The molecule has 1 aliphatic rings. The lowest BCUT2D eigenvalue weighted by Crippen LogP contribution is -2.47. The minimum atomic E-state index is -1.63. The Labute approximate surface area is 226 Å². The van der Waals surface area contributed by atoms with Crippen LogP contribution in [-0.4, -0.2) is 13.6 Å². The highest BCUT2D eigenvalue weighted by molar-refractivity contribution is 6.88. The van der Waals surface area contributed by atoms with Crippen molar-refractivity contribution in [3.05, 3.63) is 118 Å². The van der Waals surface area contributed by atoms with Crippen LogP contribution in [0.25, 0.3) is 0 Å². The van der Waals surface area contributed by atoms with Gasteiger partial charge in [-0.3, -0.25) is 0 Å². The number of allylic oxidation sites excluding steroid dienone is 4. The summed E-state index contributed by atoms with van der Waals surface area (Å²) < 4.78 is 0. The van der Waals surface area contributed by atoms with E-state index in [1.807, 2.05) is 0 Å². The molecule has 194 valence electrons. The topological polar surface area (TPSA) is 12.0 Å². The van der Waals surface area contributed by atoms with Gasteiger partial charge in [-0.1, -0.05) is 116 Å². The fourth-order valence-corrected chi connectivity index (χ4v) is 7.46.